The zero-order chi connectivity index (χ0) is 17.9. The van der Waals surface area contributed by atoms with Gasteiger partial charge in [0.25, 0.3) is 5.91 Å². The number of nitrogens with zero attached hydrogens (tertiary/aromatic N) is 2. The zero-order valence-corrected chi connectivity index (χ0v) is 15.7. The van der Waals surface area contributed by atoms with E-state index in [1.54, 1.807) is 0 Å². The highest BCUT2D eigenvalue weighted by molar-refractivity contribution is 7.99. The predicted molar refractivity (Wildman–Crippen MR) is 109 cm³/mol. The lowest BCUT2D eigenvalue weighted by atomic mass is 10.0. The maximum absolute atomic E-state index is 13.0. The molecule has 1 unspecified atom stereocenters. The van der Waals surface area contributed by atoms with E-state index < -0.39 is 0 Å². The van der Waals surface area contributed by atoms with Crippen LogP contribution in [-0.2, 0) is 0 Å². The minimum absolute atomic E-state index is 0.0433. The first-order chi connectivity index (χ1) is 12.7. The first-order valence-corrected chi connectivity index (χ1v) is 10.1. The van der Waals surface area contributed by atoms with E-state index in [0.717, 1.165) is 36.2 Å². The van der Waals surface area contributed by atoms with Gasteiger partial charge in [0.2, 0.25) is 0 Å². The number of aryl methyl sites for hydroxylation is 1. The molecule has 4 rings (SSSR count). The first-order valence-electron chi connectivity index (χ1n) is 9.04. The van der Waals surface area contributed by atoms with Crippen molar-refractivity contribution in [3.63, 3.8) is 0 Å². The average molecular weight is 362 g/mol. The van der Waals surface area contributed by atoms with Crippen molar-refractivity contribution in [3.05, 3.63) is 77.5 Å². The summed E-state index contributed by atoms with van der Waals surface area (Å²) in [6.07, 6.45) is 0.981. The van der Waals surface area contributed by atoms with Crippen LogP contribution >= 0.6 is 11.8 Å². The van der Waals surface area contributed by atoms with Gasteiger partial charge in [0.1, 0.15) is 5.69 Å². The van der Waals surface area contributed by atoms with Crippen LogP contribution in [0.3, 0.4) is 0 Å². The number of aromatic nitrogens is 1. The topological polar surface area (TPSA) is 33.2 Å². The van der Waals surface area contributed by atoms with Crippen LogP contribution in [0.1, 0.15) is 33.3 Å². The van der Waals surface area contributed by atoms with Crippen LogP contribution in [0, 0.1) is 6.92 Å². The second-order valence-corrected chi connectivity index (χ2v) is 8.00. The van der Waals surface area contributed by atoms with Crippen molar-refractivity contribution in [2.45, 2.75) is 18.6 Å². The SMILES string of the molecule is Cc1ccccc1C1CCN(C(=O)c2ccc3ccccc3n2)CCS1. The Hall–Kier alpha value is -2.33. The van der Waals surface area contributed by atoms with Crippen molar-refractivity contribution in [1.29, 1.82) is 0 Å². The predicted octanol–water partition coefficient (Wildman–Crippen LogP) is 4.86. The lowest BCUT2D eigenvalue weighted by Crippen LogP contribution is -2.33. The number of carbonyl (C=O) groups is 1. The van der Waals surface area contributed by atoms with Gasteiger partial charge >= 0.3 is 0 Å². The number of amides is 1. The Bertz CT molecular complexity index is 940. The van der Waals surface area contributed by atoms with Gasteiger partial charge in [-0.05, 0) is 36.6 Å². The molecule has 1 aliphatic rings. The summed E-state index contributed by atoms with van der Waals surface area (Å²) in [6, 6.07) is 20.3. The maximum Gasteiger partial charge on any atom is 0.272 e. The third kappa shape index (κ3) is 3.47. The summed E-state index contributed by atoms with van der Waals surface area (Å²) in [5.41, 5.74) is 4.15. The number of fused-ring (bicyclic) bond motifs is 1. The number of rotatable bonds is 2. The van der Waals surface area contributed by atoms with Crippen molar-refractivity contribution in [3.8, 4) is 0 Å². The van der Waals surface area contributed by atoms with Gasteiger partial charge in [-0.3, -0.25) is 4.79 Å². The fourth-order valence-electron chi connectivity index (χ4n) is 3.52. The van der Waals surface area contributed by atoms with E-state index in [4.69, 9.17) is 0 Å². The number of pyridine rings is 1. The number of benzene rings is 2. The molecule has 0 radical (unpaired) electrons. The summed E-state index contributed by atoms with van der Waals surface area (Å²) in [5, 5.41) is 1.52. The van der Waals surface area contributed by atoms with Gasteiger partial charge in [0.05, 0.1) is 5.52 Å². The molecule has 26 heavy (non-hydrogen) atoms. The molecule has 0 N–H and O–H groups in total. The van der Waals surface area contributed by atoms with Gasteiger partial charge in [-0.15, -0.1) is 0 Å². The Morgan fingerprint density at radius 3 is 2.73 bits per heavy atom. The smallest absolute Gasteiger partial charge is 0.272 e. The van der Waals surface area contributed by atoms with Crippen LogP contribution in [0.4, 0.5) is 0 Å². The molecule has 1 saturated heterocycles. The molecule has 4 heteroatoms. The molecule has 1 aromatic heterocycles. The second kappa shape index (κ2) is 7.50. The Morgan fingerprint density at radius 2 is 1.85 bits per heavy atom. The second-order valence-electron chi connectivity index (χ2n) is 6.69. The summed E-state index contributed by atoms with van der Waals surface area (Å²) in [6.45, 7) is 3.72. The summed E-state index contributed by atoms with van der Waals surface area (Å²) in [4.78, 5) is 19.5. The molecule has 2 aromatic carbocycles. The van der Waals surface area contributed by atoms with Gasteiger partial charge in [0.15, 0.2) is 0 Å². The van der Waals surface area contributed by atoms with Gasteiger partial charge in [-0.1, -0.05) is 48.5 Å². The van der Waals surface area contributed by atoms with Crippen molar-refractivity contribution in [2.24, 2.45) is 0 Å². The van der Waals surface area contributed by atoms with E-state index >= 15 is 0 Å². The molecule has 1 fully saturated rings. The maximum atomic E-state index is 13.0. The van der Waals surface area contributed by atoms with Crippen molar-refractivity contribution in [1.82, 2.24) is 9.88 Å². The van der Waals surface area contributed by atoms with E-state index in [9.17, 15) is 4.79 Å². The molecule has 3 nitrogen and oxygen atoms in total. The molecule has 1 atom stereocenters. The minimum Gasteiger partial charge on any atom is -0.336 e. The fraction of sp³-hybridized carbons (Fsp3) is 0.273. The third-order valence-electron chi connectivity index (χ3n) is 4.98. The Balaban J connectivity index is 1.51. The highest BCUT2D eigenvalue weighted by atomic mass is 32.2. The quantitative estimate of drug-likeness (QED) is 0.652. The van der Waals surface area contributed by atoms with Crippen LogP contribution in [0.5, 0.6) is 0 Å². The zero-order valence-electron chi connectivity index (χ0n) is 14.9. The first kappa shape index (κ1) is 17.1. The molecule has 1 amide bonds. The summed E-state index contributed by atoms with van der Waals surface area (Å²) in [7, 11) is 0. The molecule has 1 aliphatic heterocycles. The van der Waals surface area contributed by atoms with E-state index in [1.165, 1.54) is 11.1 Å². The third-order valence-corrected chi connectivity index (χ3v) is 6.29. The monoisotopic (exact) mass is 362 g/mol. The molecule has 0 bridgehead atoms. The lowest BCUT2D eigenvalue weighted by Gasteiger charge is -2.20. The molecule has 0 aliphatic carbocycles. The normalized spacial score (nSPS) is 17.9. The van der Waals surface area contributed by atoms with E-state index in [0.29, 0.717) is 10.9 Å². The van der Waals surface area contributed by atoms with Crippen LogP contribution in [0.15, 0.2) is 60.7 Å². The van der Waals surface area contributed by atoms with E-state index in [1.807, 2.05) is 53.1 Å². The van der Waals surface area contributed by atoms with Crippen LogP contribution < -0.4 is 0 Å². The van der Waals surface area contributed by atoms with Crippen LogP contribution in [0.25, 0.3) is 10.9 Å². The van der Waals surface area contributed by atoms with E-state index in [-0.39, 0.29) is 5.91 Å². The molecule has 0 saturated carbocycles. The number of thioether (sulfide) groups is 1. The van der Waals surface area contributed by atoms with Crippen LogP contribution in [0.2, 0.25) is 0 Å². The molecular formula is C22H22N2OS. The summed E-state index contributed by atoms with van der Waals surface area (Å²) >= 11 is 1.96. The van der Waals surface area contributed by atoms with Crippen molar-refractivity contribution >= 4 is 28.6 Å². The van der Waals surface area contributed by atoms with Crippen molar-refractivity contribution in [2.75, 3.05) is 18.8 Å². The number of hydrogen-bond donors (Lipinski definition) is 0. The minimum atomic E-state index is 0.0433. The molecular weight excluding hydrogens is 340 g/mol. The molecule has 132 valence electrons. The van der Waals surface area contributed by atoms with Gasteiger partial charge in [0, 0.05) is 29.5 Å². The number of hydrogen-bond acceptors (Lipinski definition) is 3. The van der Waals surface area contributed by atoms with Gasteiger partial charge in [-0.25, -0.2) is 4.98 Å². The van der Waals surface area contributed by atoms with Gasteiger partial charge in [-0.2, -0.15) is 11.8 Å². The Labute approximate surface area is 158 Å². The summed E-state index contributed by atoms with van der Waals surface area (Å²) in [5.74, 6) is 1.000. The molecule has 0 spiro atoms. The summed E-state index contributed by atoms with van der Waals surface area (Å²) < 4.78 is 0. The fourth-order valence-corrected chi connectivity index (χ4v) is 4.84. The molecule has 2 heterocycles. The van der Waals surface area contributed by atoms with Gasteiger partial charge < -0.3 is 4.90 Å². The molecule has 3 aromatic rings. The number of carbonyl (C=O) groups excluding carboxylic acids is 1. The lowest BCUT2D eigenvalue weighted by molar-refractivity contribution is 0.0761. The van der Waals surface area contributed by atoms with Crippen molar-refractivity contribution < 1.29 is 4.79 Å². The highest BCUT2D eigenvalue weighted by Gasteiger charge is 2.24. The largest absolute Gasteiger partial charge is 0.336 e. The Morgan fingerprint density at radius 1 is 1.04 bits per heavy atom. The van der Waals surface area contributed by atoms with E-state index in [2.05, 4.69) is 36.2 Å². The van der Waals surface area contributed by atoms with Crippen LogP contribution in [-0.4, -0.2) is 34.6 Å². The average Bonchev–Trinajstić information content (AvgIpc) is 2.93. The standard InChI is InChI=1S/C22H22N2OS/c1-16-6-2-4-8-18(16)21-12-13-24(14-15-26-21)22(25)20-11-10-17-7-3-5-9-19(17)23-20/h2-11,21H,12-15H2,1H3. The number of para-hydroxylation sites is 1. The highest BCUT2D eigenvalue weighted by Crippen LogP contribution is 2.36. The Kier molecular flexibility index (Phi) is 4.93.